The first kappa shape index (κ1) is 17.7. The number of benzene rings is 3. The summed E-state index contributed by atoms with van der Waals surface area (Å²) >= 11 is 0. The van der Waals surface area contributed by atoms with E-state index < -0.39 is 0 Å². The summed E-state index contributed by atoms with van der Waals surface area (Å²) in [5.41, 5.74) is 2.35. The van der Waals surface area contributed by atoms with E-state index in [-0.39, 0.29) is 5.82 Å². The van der Waals surface area contributed by atoms with E-state index in [1.165, 1.54) is 18.5 Å². The molecule has 0 aliphatic heterocycles. The van der Waals surface area contributed by atoms with Crippen molar-refractivity contribution >= 4 is 22.4 Å². The van der Waals surface area contributed by atoms with Gasteiger partial charge in [0, 0.05) is 17.1 Å². The van der Waals surface area contributed by atoms with Crippen LogP contribution >= 0.6 is 0 Å². The van der Waals surface area contributed by atoms with Crippen molar-refractivity contribution in [2.45, 2.75) is 6.61 Å². The molecule has 0 amide bonds. The van der Waals surface area contributed by atoms with Gasteiger partial charge in [-0.2, -0.15) is 0 Å². The molecule has 0 aliphatic carbocycles. The fourth-order valence-electron chi connectivity index (χ4n) is 2.87. The Morgan fingerprint density at radius 2 is 1.79 bits per heavy atom. The summed E-state index contributed by atoms with van der Waals surface area (Å²) in [4.78, 5) is 8.62. The van der Waals surface area contributed by atoms with Gasteiger partial charge in [-0.3, -0.25) is 0 Å². The van der Waals surface area contributed by atoms with Crippen LogP contribution in [0.4, 0.5) is 15.9 Å². The smallest absolute Gasteiger partial charge is 0.163 e. The first-order valence-electron chi connectivity index (χ1n) is 8.75. The van der Waals surface area contributed by atoms with Crippen molar-refractivity contribution in [1.29, 1.82) is 0 Å². The fourth-order valence-corrected chi connectivity index (χ4v) is 2.87. The third-order valence-electron chi connectivity index (χ3n) is 4.25. The van der Waals surface area contributed by atoms with Crippen molar-refractivity contribution in [1.82, 2.24) is 9.97 Å². The highest BCUT2D eigenvalue weighted by atomic mass is 19.1. The highest BCUT2D eigenvalue weighted by Crippen LogP contribution is 2.35. The molecule has 0 saturated heterocycles. The van der Waals surface area contributed by atoms with Gasteiger partial charge in [-0.05, 0) is 29.8 Å². The van der Waals surface area contributed by atoms with Crippen LogP contribution in [0.2, 0.25) is 0 Å². The molecule has 6 heteroatoms. The lowest BCUT2D eigenvalue weighted by atomic mass is 10.2. The van der Waals surface area contributed by atoms with E-state index in [2.05, 4.69) is 15.3 Å². The molecule has 0 bridgehead atoms. The predicted molar refractivity (Wildman–Crippen MR) is 107 cm³/mol. The zero-order valence-electron chi connectivity index (χ0n) is 15.2. The molecule has 28 heavy (non-hydrogen) atoms. The van der Waals surface area contributed by atoms with E-state index in [1.807, 2.05) is 42.5 Å². The zero-order chi connectivity index (χ0) is 19.3. The number of methoxy groups -OCH3 is 1. The molecule has 1 aromatic heterocycles. The molecular formula is C22H18FN3O2. The molecule has 1 heterocycles. The lowest BCUT2D eigenvalue weighted by Gasteiger charge is -2.14. The summed E-state index contributed by atoms with van der Waals surface area (Å²) in [6, 6.07) is 19.7. The standard InChI is InChI=1S/C22H18FN3O2/c1-27-20-11-18-19(12-21(20)28-13-15-6-3-2-4-7-15)24-14-25-22(18)26-17-9-5-8-16(23)10-17/h2-12,14H,13H2,1H3,(H,24,25,26). The van der Waals surface area contributed by atoms with E-state index in [0.717, 1.165) is 10.9 Å². The average Bonchev–Trinajstić information content (AvgIpc) is 2.72. The minimum atomic E-state index is -0.322. The quantitative estimate of drug-likeness (QED) is 0.508. The molecule has 0 atom stereocenters. The molecule has 140 valence electrons. The van der Waals surface area contributed by atoms with Crippen LogP contribution in [0, 0.1) is 5.82 Å². The number of rotatable bonds is 6. The van der Waals surface area contributed by atoms with Gasteiger partial charge in [0.25, 0.3) is 0 Å². The van der Waals surface area contributed by atoms with Crippen LogP contribution in [0.5, 0.6) is 11.5 Å². The Bertz CT molecular complexity index is 1100. The SMILES string of the molecule is COc1cc2c(Nc3cccc(F)c3)ncnc2cc1OCc1ccccc1. The molecule has 4 aromatic rings. The van der Waals surface area contributed by atoms with E-state index in [4.69, 9.17) is 9.47 Å². The molecule has 3 aromatic carbocycles. The Balaban J connectivity index is 1.66. The van der Waals surface area contributed by atoms with Crippen LogP contribution in [0.15, 0.2) is 73.1 Å². The number of nitrogens with zero attached hydrogens (tertiary/aromatic N) is 2. The maximum Gasteiger partial charge on any atom is 0.163 e. The van der Waals surface area contributed by atoms with Gasteiger partial charge in [0.2, 0.25) is 0 Å². The van der Waals surface area contributed by atoms with Crippen LogP contribution in [-0.2, 0) is 6.61 Å². The molecule has 0 radical (unpaired) electrons. The Morgan fingerprint density at radius 3 is 2.57 bits per heavy atom. The van der Waals surface area contributed by atoms with Crippen molar-refractivity contribution < 1.29 is 13.9 Å². The van der Waals surface area contributed by atoms with E-state index in [1.54, 1.807) is 19.2 Å². The highest BCUT2D eigenvalue weighted by molar-refractivity contribution is 5.93. The van der Waals surface area contributed by atoms with Gasteiger partial charge in [-0.1, -0.05) is 36.4 Å². The molecule has 0 aliphatic rings. The lowest BCUT2D eigenvalue weighted by Crippen LogP contribution is -2.00. The lowest BCUT2D eigenvalue weighted by molar-refractivity contribution is 0.285. The minimum absolute atomic E-state index is 0.322. The van der Waals surface area contributed by atoms with Gasteiger partial charge in [-0.25, -0.2) is 14.4 Å². The third kappa shape index (κ3) is 3.86. The molecular weight excluding hydrogens is 357 g/mol. The summed E-state index contributed by atoms with van der Waals surface area (Å²) < 4.78 is 24.9. The first-order chi connectivity index (χ1) is 13.7. The average molecular weight is 375 g/mol. The Hall–Kier alpha value is -3.67. The van der Waals surface area contributed by atoms with Crippen molar-refractivity contribution in [3.8, 4) is 11.5 Å². The van der Waals surface area contributed by atoms with Crippen molar-refractivity contribution in [2.75, 3.05) is 12.4 Å². The van der Waals surface area contributed by atoms with Crippen molar-refractivity contribution in [2.24, 2.45) is 0 Å². The number of halogens is 1. The Morgan fingerprint density at radius 1 is 0.929 bits per heavy atom. The van der Waals surface area contributed by atoms with Gasteiger partial charge in [0.15, 0.2) is 11.5 Å². The van der Waals surface area contributed by atoms with E-state index >= 15 is 0 Å². The number of hydrogen-bond acceptors (Lipinski definition) is 5. The van der Waals surface area contributed by atoms with Crippen LogP contribution in [-0.4, -0.2) is 17.1 Å². The number of fused-ring (bicyclic) bond motifs is 1. The summed E-state index contributed by atoms with van der Waals surface area (Å²) in [6.07, 6.45) is 1.46. The molecule has 5 nitrogen and oxygen atoms in total. The van der Waals surface area contributed by atoms with Gasteiger partial charge in [0.1, 0.15) is 24.6 Å². The van der Waals surface area contributed by atoms with Crippen LogP contribution in [0.1, 0.15) is 5.56 Å². The second-order valence-electron chi connectivity index (χ2n) is 6.15. The summed E-state index contributed by atoms with van der Waals surface area (Å²) in [6.45, 7) is 0.419. The number of aromatic nitrogens is 2. The molecule has 1 N–H and O–H groups in total. The third-order valence-corrected chi connectivity index (χ3v) is 4.25. The minimum Gasteiger partial charge on any atom is -0.493 e. The largest absolute Gasteiger partial charge is 0.493 e. The van der Waals surface area contributed by atoms with Crippen LogP contribution in [0.3, 0.4) is 0 Å². The van der Waals surface area contributed by atoms with Crippen LogP contribution < -0.4 is 14.8 Å². The number of nitrogens with one attached hydrogen (secondary N) is 1. The molecule has 0 spiro atoms. The van der Waals surface area contributed by atoms with Crippen molar-refractivity contribution in [3.05, 3.63) is 84.4 Å². The maximum absolute atomic E-state index is 13.5. The van der Waals surface area contributed by atoms with Gasteiger partial charge >= 0.3 is 0 Å². The van der Waals surface area contributed by atoms with Gasteiger partial charge in [0.05, 0.1) is 12.6 Å². The molecule has 4 rings (SSSR count). The zero-order valence-corrected chi connectivity index (χ0v) is 15.2. The molecule has 0 saturated carbocycles. The summed E-state index contributed by atoms with van der Waals surface area (Å²) in [5.74, 6) is 1.40. The van der Waals surface area contributed by atoms with Crippen LogP contribution in [0.25, 0.3) is 10.9 Å². The van der Waals surface area contributed by atoms with E-state index in [9.17, 15) is 4.39 Å². The maximum atomic E-state index is 13.5. The number of ether oxygens (including phenoxy) is 2. The second-order valence-corrected chi connectivity index (χ2v) is 6.15. The fraction of sp³-hybridized carbons (Fsp3) is 0.0909. The normalized spacial score (nSPS) is 10.6. The number of hydrogen-bond donors (Lipinski definition) is 1. The van der Waals surface area contributed by atoms with E-state index in [0.29, 0.717) is 35.1 Å². The summed E-state index contributed by atoms with van der Waals surface area (Å²) in [5, 5.41) is 3.87. The highest BCUT2D eigenvalue weighted by Gasteiger charge is 2.12. The second kappa shape index (κ2) is 7.92. The predicted octanol–water partition coefficient (Wildman–Crippen LogP) is 5.10. The Labute approximate surface area is 161 Å². The topological polar surface area (TPSA) is 56.3 Å². The van der Waals surface area contributed by atoms with Gasteiger partial charge < -0.3 is 14.8 Å². The first-order valence-corrected chi connectivity index (χ1v) is 8.75. The Kier molecular flexibility index (Phi) is 5.01. The molecule has 0 fully saturated rings. The summed E-state index contributed by atoms with van der Waals surface area (Å²) in [7, 11) is 1.58. The monoisotopic (exact) mass is 375 g/mol. The van der Waals surface area contributed by atoms with Gasteiger partial charge in [-0.15, -0.1) is 0 Å². The van der Waals surface area contributed by atoms with Crippen molar-refractivity contribution in [3.63, 3.8) is 0 Å². The molecule has 0 unspecified atom stereocenters. The number of anilines is 2.